The smallest absolute Gasteiger partial charge is 0.254 e. The van der Waals surface area contributed by atoms with Gasteiger partial charge in [-0.2, -0.15) is 0 Å². The maximum Gasteiger partial charge on any atom is 0.254 e. The second-order valence-corrected chi connectivity index (χ2v) is 5.57. The molecule has 0 saturated heterocycles. The van der Waals surface area contributed by atoms with Crippen molar-refractivity contribution >= 4 is 17.5 Å². The fourth-order valence-corrected chi connectivity index (χ4v) is 2.58. The van der Waals surface area contributed by atoms with Crippen LogP contribution in [0.2, 0.25) is 0 Å². The van der Waals surface area contributed by atoms with Crippen molar-refractivity contribution in [2.24, 2.45) is 5.92 Å². The quantitative estimate of drug-likeness (QED) is 0.847. The molecule has 5 heteroatoms. The van der Waals surface area contributed by atoms with Crippen LogP contribution in [0.1, 0.15) is 36.0 Å². The second kappa shape index (κ2) is 6.33. The number of carbonyl (C=O) groups is 1. The first-order valence-corrected chi connectivity index (χ1v) is 6.87. The minimum Gasteiger partial charge on any atom is -0.352 e. The van der Waals surface area contributed by atoms with Crippen LogP contribution >= 0.6 is 11.6 Å². The molecule has 1 fully saturated rings. The lowest BCUT2D eigenvalue weighted by molar-refractivity contribution is 0.0939. The molecule has 0 spiro atoms. The lowest BCUT2D eigenvalue weighted by Gasteiger charge is -2.25. The molecule has 1 amide bonds. The third kappa shape index (κ3) is 3.90. The summed E-state index contributed by atoms with van der Waals surface area (Å²) in [5.41, 5.74) is -0.118. The van der Waals surface area contributed by atoms with Crippen LogP contribution in [0.5, 0.6) is 0 Å². The van der Waals surface area contributed by atoms with Gasteiger partial charge in [-0.1, -0.05) is 0 Å². The standard InChI is InChI=1S/C14H16ClF2NO/c15-10-3-1-9(2-4-10)8-18-14(19)12-6-5-11(16)7-13(12)17/h5-7,9-10H,1-4,8H2,(H,18,19). The van der Waals surface area contributed by atoms with E-state index in [1.807, 2.05) is 0 Å². The van der Waals surface area contributed by atoms with E-state index in [1.54, 1.807) is 0 Å². The minimum absolute atomic E-state index is 0.118. The largest absolute Gasteiger partial charge is 0.352 e. The Morgan fingerprint density at radius 1 is 1.26 bits per heavy atom. The molecule has 1 aliphatic carbocycles. The van der Waals surface area contributed by atoms with Crippen LogP contribution in [0.4, 0.5) is 8.78 Å². The Morgan fingerprint density at radius 2 is 1.95 bits per heavy atom. The highest BCUT2D eigenvalue weighted by Gasteiger charge is 2.20. The van der Waals surface area contributed by atoms with E-state index < -0.39 is 17.5 Å². The Morgan fingerprint density at radius 3 is 2.58 bits per heavy atom. The molecule has 1 aromatic carbocycles. The molecule has 2 rings (SSSR count). The average Bonchev–Trinajstić information content (AvgIpc) is 2.37. The van der Waals surface area contributed by atoms with Crippen LogP contribution in [0.15, 0.2) is 18.2 Å². The summed E-state index contributed by atoms with van der Waals surface area (Å²) in [6.45, 7) is 0.513. The number of carbonyl (C=O) groups excluding carboxylic acids is 1. The third-order valence-corrected chi connectivity index (χ3v) is 3.94. The molecular formula is C14H16ClF2NO. The average molecular weight is 288 g/mol. The molecule has 0 aliphatic heterocycles. The number of halogens is 3. The Hall–Kier alpha value is -1.16. The van der Waals surface area contributed by atoms with Gasteiger partial charge in [0.1, 0.15) is 11.6 Å². The van der Waals surface area contributed by atoms with E-state index in [4.69, 9.17) is 11.6 Å². The van der Waals surface area contributed by atoms with Gasteiger partial charge >= 0.3 is 0 Å². The van der Waals surface area contributed by atoms with Crippen LogP contribution in [0.3, 0.4) is 0 Å². The summed E-state index contributed by atoms with van der Waals surface area (Å²) in [4.78, 5) is 11.8. The number of amides is 1. The third-order valence-electron chi connectivity index (χ3n) is 3.50. The van der Waals surface area contributed by atoms with Gasteiger partial charge in [-0.25, -0.2) is 8.78 Å². The lowest BCUT2D eigenvalue weighted by Crippen LogP contribution is -2.32. The van der Waals surface area contributed by atoms with Crippen LogP contribution < -0.4 is 5.32 Å². The van der Waals surface area contributed by atoms with Crippen molar-refractivity contribution < 1.29 is 13.6 Å². The summed E-state index contributed by atoms with van der Waals surface area (Å²) >= 11 is 6.00. The summed E-state index contributed by atoms with van der Waals surface area (Å²) in [6, 6.07) is 2.96. The maximum atomic E-state index is 13.4. The zero-order valence-electron chi connectivity index (χ0n) is 10.5. The molecule has 1 aliphatic rings. The van der Waals surface area contributed by atoms with Gasteiger partial charge in [0, 0.05) is 18.0 Å². The molecule has 0 unspecified atom stereocenters. The Kier molecular flexibility index (Phi) is 4.75. The van der Waals surface area contributed by atoms with Crippen molar-refractivity contribution in [1.82, 2.24) is 5.32 Å². The lowest BCUT2D eigenvalue weighted by atomic mass is 9.89. The molecule has 0 radical (unpaired) electrons. The predicted octanol–water partition coefficient (Wildman–Crippen LogP) is 3.49. The van der Waals surface area contributed by atoms with Crippen LogP contribution in [0.25, 0.3) is 0 Å². The number of hydrogen-bond donors (Lipinski definition) is 1. The highest BCUT2D eigenvalue weighted by Crippen LogP contribution is 2.27. The van der Waals surface area contributed by atoms with Crippen molar-refractivity contribution in [2.75, 3.05) is 6.54 Å². The predicted molar refractivity (Wildman–Crippen MR) is 70.3 cm³/mol. The van der Waals surface area contributed by atoms with E-state index in [1.165, 1.54) is 0 Å². The van der Waals surface area contributed by atoms with Gasteiger partial charge in [-0.05, 0) is 43.7 Å². The monoisotopic (exact) mass is 287 g/mol. The molecule has 1 saturated carbocycles. The van der Waals surface area contributed by atoms with Gasteiger partial charge in [-0.15, -0.1) is 11.6 Å². The normalized spacial score (nSPS) is 23.1. The summed E-state index contributed by atoms with van der Waals surface area (Å²) in [6.07, 6.45) is 3.85. The summed E-state index contributed by atoms with van der Waals surface area (Å²) < 4.78 is 26.1. The highest BCUT2D eigenvalue weighted by atomic mass is 35.5. The number of hydrogen-bond acceptors (Lipinski definition) is 1. The van der Waals surface area contributed by atoms with E-state index >= 15 is 0 Å². The molecule has 2 nitrogen and oxygen atoms in total. The molecule has 1 N–H and O–H groups in total. The van der Waals surface area contributed by atoms with Gasteiger partial charge in [0.2, 0.25) is 0 Å². The van der Waals surface area contributed by atoms with E-state index in [-0.39, 0.29) is 10.9 Å². The number of alkyl halides is 1. The molecular weight excluding hydrogens is 272 g/mol. The van der Waals surface area contributed by atoms with Crippen molar-refractivity contribution in [1.29, 1.82) is 0 Å². The van der Waals surface area contributed by atoms with E-state index in [0.29, 0.717) is 18.5 Å². The Labute approximate surface area is 116 Å². The summed E-state index contributed by atoms with van der Waals surface area (Å²) in [7, 11) is 0. The zero-order valence-corrected chi connectivity index (χ0v) is 11.2. The summed E-state index contributed by atoms with van der Waals surface area (Å²) in [5, 5.41) is 2.94. The molecule has 0 bridgehead atoms. The van der Waals surface area contributed by atoms with Crippen molar-refractivity contribution in [2.45, 2.75) is 31.1 Å². The minimum atomic E-state index is -0.832. The van der Waals surface area contributed by atoms with Gasteiger partial charge in [0.15, 0.2) is 0 Å². The fraction of sp³-hybridized carbons (Fsp3) is 0.500. The fourth-order valence-electron chi connectivity index (χ4n) is 2.33. The van der Waals surface area contributed by atoms with Gasteiger partial charge < -0.3 is 5.32 Å². The van der Waals surface area contributed by atoms with Gasteiger partial charge in [0.05, 0.1) is 5.56 Å². The first-order chi connectivity index (χ1) is 9.06. The van der Waals surface area contributed by atoms with Crippen LogP contribution in [-0.4, -0.2) is 17.8 Å². The van der Waals surface area contributed by atoms with Gasteiger partial charge in [-0.3, -0.25) is 4.79 Å². The number of benzene rings is 1. The Balaban J connectivity index is 1.87. The second-order valence-electron chi connectivity index (χ2n) is 4.95. The SMILES string of the molecule is O=C(NCC1CCC(Cl)CC1)c1ccc(F)cc1F. The number of nitrogens with one attached hydrogen (secondary N) is 1. The summed E-state index contributed by atoms with van der Waals surface area (Å²) in [5.74, 6) is -1.62. The molecule has 0 aromatic heterocycles. The first kappa shape index (κ1) is 14.3. The van der Waals surface area contributed by atoms with E-state index in [0.717, 1.165) is 37.8 Å². The molecule has 104 valence electrons. The molecule has 1 aromatic rings. The van der Waals surface area contributed by atoms with Crippen molar-refractivity contribution in [3.63, 3.8) is 0 Å². The van der Waals surface area contributed by atoms with E-state index in [9.17, 15) is 13.6 Å². The van der Waals surface area contributed by atoms with Crippen molar-refractivity contribution in [3.8, 4) is 0 Å². The maximum absolute atomic E-state index is 13.4. The molecule has 0 heterocycles. The highest BCUT2D eigenvalue weighted by molar-refractivity contribution is 6.20. The van der Waals surface area contributed by atoms with E-state index in [2.05, 4.69) is 5.32 Å². The topological polar surface area (TPSA) is 29.1 Å². The zero-order chi connectivity index (χ0) is 13.8. The number of rotatable bonds is 3. The van der Waals surface area contributed by atoms with Crippen molar-refractivity contribution in [3.05, 3.63) is 35.4 Å². The Bertz CT molecular complexity index is 459. The van der Waals surface area contributed by atoms with Gasteiger partial charge in [0.25, 0.3) is 5.91 Å². The van der Waals surface area contributed by atoms with Crippen LogP contribution in [-0.2, 0) is 0 Å². The molecule has 19 heavy (non-hydrogen) atoms. The van der Waals surface area contributed by atoms with Crippen LogP contribution in [0, 0.1) is 17.6 Å². The first-order valence-electron chi connectivity index (χ1n) is 6.43. The molecule has 0 atom stereocenters.